The van der Waals surface area contributed by atoms with Crippen molar-refractivity contribution in [1.29, 1.82) is 0 Å². The van der Waals surface area contributed by atoms with E-state index in [1.165, 1.54) is 6.20 Å². The molecular weight excluding hydrogens is 349 g/mol. The van der Waals surface area contributed by atoms with E-state index < -0.39 is 33.9 Å². The van der Waals surface area contributed by atoms with Crippen molar-refractivity contribution < 1.29 is 22.7 Å². The van der Waals surface area contributed by atoms with E-state index in [0.29, 0.717) is 5.69 Å². The zero-order chi connectivity index (χ0) is 18.0. The number of nitrogens with one attached hydrogen (secondary N) is 1. The van der Waals surface area contributed by atoms with Crippen LogP contribution in [0.25, 0.3) is 0 Å². The van der Waals surface area contributed by atoms with Crippen LogP contribution < -0.4 is 5.32 Å². The molecule has 0 radical (unpaired) electrons. The maximum Gasteiger partial charge on any atom is 0.243 e. The molecule has 2 atom stereocenters. The van der Waals surface area contributed by atoms with Crippen LogP contribution in [0.4, 0.5) is 10.1 Å². The molecule has 1 fully saturated rings. The molecule has 0 bridgehead atoms. The normalized spacial score (nSPS) is 21.2. The van der Waals surface area contributed by atoms with Crippen LogP contribution in [0.2, 0.25) is 0 Å². The van der Waals surface area contributed by atoms with Gasteiger partial charge >= 0.3 is 0 Å². The lowest BCUT2D eigenvalue weighted by atomic mass is 10.2. The van der Waals surface area contributed by atoms with Gasteiger partial charge in [0.15, 0.2) is 0 Å². The smallest absolute Gasteiger partial charge is 0.243 e. The van der Waals surface area contributed by atoms with Crippen molar-refractivity contribution in [3.05, 3.63) is 54.6 Å². The molecule has 0 spiro atoms. The van der Waals surface area contributed by atoms with Gasteiger partial charge in [0.2, 0.25) is 15.9 Å². The van der Waals surface area contributed by atoms with E-state index >= 15 is 0 Å². The highest BCUT2D eigenvalue weighted by atomic mass is 32.2. The number of aliphatic hydroxyl groups is 1. The van der Waals surface area contributed by atoms with Crippen molar-refractivity contribution in [2.75, 3.05) is 11.9 Å². The van der Waals surface area contributed by atoms with Crippen molar-refractivity contribution in [3.63, 3.8) is 0 Å². The summed E-state index contributed by atoms with van der Waals surface area (Å²) in [5.41, 5.74) is 0.424. The molecule has 9 heteroatoms. The third kappa shape index (κ3) is 3.68. The van der Waals surface area contributed by atoms with Crippen LogP contribution in [0.15, 0.2) is 53.7 Å². The van der Waals surface area contributed by atoms with Crippen molar-refractivity contribution in [3.8, 4) is 0 Å². The molecule has 1 aromatic carbocycles. The number of pyridine rings is 1. The Morgan fingerprint density at radius 1 is 1.28 bits per heavy atom. The van der Waals surface area contributed by atoms with Gasteiger partial charge in [-0.3, -0.25) is 9.78 Å². The topological polar surface area (TPSA) is 99.6 Å². The minimum absolute atomic E-state index is 0.0213. The van der Waals surface area contributed by atoms with Gasteiger partial charge in [0.25, 0.3) is 0 Å². The predicted molar refractivity (Wildman–Crippen MR) is 87.6 cm³/mol. The zero-order valence-corrected chi connectivity index (χ0v) is 13.9. The number of aliphatic hydroxyl groups excluding tert-OH is 1. The average molecular weight is 365 g/mol. The summed E-state index contributed by atoms with van der Waals surface area (Å²) in [5.74, 6) is -1.12. The van der Waals surface area contributed by atoms with E-state index in [0.717, 1.165) is 28.6 Å². The summed E-state index contributed by atoms with van der Waals surface area (Å²) >= 11 is 0. The number of benzene rings is 1. The summed E-state index contributed by atoms with van der Waals surface area (Å²) < 4.78 is 39.5. The van der Waals surface area contributed by atoms with Gasteiger partial charge in [-0.1, -0.05) is 0 Å². The second-order valence-corrected chi connectivity index (χ2v) is 7.56. The molecule has 0 unspecified atom stereocenters. The number of hydrogen-bond donors (Lipinski definition) is 2. The Kier molecular flexibility index (Phi) is 4.80. The lowest BCUT2D eigenvalue weighted by molar-refractivity contribution is -0.119. The minimum Gasteiger partial charge on any atom is -0.392 e. The third-order valence-corrected chi connectivity index (χ3v) is 5.77. The van der Waals surface area contributed by atoms with Crippen LogP contribution in [0, 0.1) is 5.82 Å². The quantitative estimate of drug-likeness (QED) is 0.842. The van der Waals surface area contributed by atoms with Gasteiger partial charge in [-0.05, 0) is 36.4 Å². The Labute approximate surface area is 144 Å². The Bertz CT molecular complexity index is 859. The fraction of sp³-hybridized carbons (Fsp3) is 0.250. The Hall–Kier alpha value is -2.36. The van der Waals surface area contributed by atoms with E-state index in [-0.39, 0.29) is 17.9 Å². The van der Waals surface area contributed by atoms with E-state index in [2.05, 4.69) is 10.3 Å². The molecule has 1 amide bonds. The average Bonchev–Trinajstić information content (AvgIpc) is 2.99. The maximum atomic E-state index is 13.0. The number of nitrogens with zero attached hydrogens (tertiary/aromatic N) is 2. The molecule has 3 rings (SSSR count). The number of anilines is 1. The van der Waals surface area contributed by atoms with E-state index in [4.69, 9.17) is 0 Å². The van der Waals surface area contributed by atoms with Gasteiger partial charge in [0.05, 0.1) is 22.9 Å². The van der Waals surface area contributed by atoms with Crippen LogP contribution in [-0.2, 0) is 14.8 Å². The fourth-order valence-electron chi connectivity index (χ4n) is 2.69. The molecule has 2 aromatic rings. The molecule has 0 aliphatic carbocycles. The summed E-state index contributed by atoms with van der Waals surface area (Å²) in [6, 6.07) is 6.51. The van der Waals surface area contributed by atoms with Crippen LogP contribution in [0.1, 0.15) is 6.42 Å². The first-order valence-electron chi connectivity index (χ1n) is 7.54. The number of sulfonamides is 1. The van der Waals surface area contributed by atoms with Gasteiger partial charge in [0, 0.05) is 19.2 Å². The van der Waals surface area contributed by atoms with Gasteiger partial charge in [-0.2, -0.15) is 4.31 Å². The fourth-order valence-corrected chi connectivity index (χ4v) is 4.33. The molecule has 2 N–H and O–H groups in total. The predicted octanol–water partition coefficient (Wildman–Crippen LogP) is 0.983. The molecule has 2 heterocycles. The summed E-state index contributed by atoms with van der Waals surface area (Å²) in [6.45, 7) is -0.204. The molecule has 7 nitrogen and oxygen atoms in total. The number of halogens is 1. The molecule has 132 valence electrons. The molecule has 1 aliphatic heterocycles. The first-order valence-corrected chi connectivity index (χ1v) is 8.98. The van der Waals surface area contributed by atoms with E-state index in [9.17, 15) is 22.7 Å². The molecule has 0 saturated carbocycles. The molecular formula is C16H16FN3O4S. The summed E-state index contributed by atoms with van der Waals surface area (Å²) in [6.07, 6.45) is 1.99. The largest absolute Gasteiger partial charge is 0.392 e. The van der Waals surface area contributed by atoms with E-state index in [1.54, 1.807) is 18.3 Å². The van der Waals surface area contributed by atoms with Crippen molar-refractivity contribution in [2.24, 2.45) is 0 Å². The van der Waals surface area contributed by atoms with Crippen LogP contribution >= 0.6 is 0 Å². The van der Waals surface area contributed by atoms with Crippen molar-refractivity contribution in [1.82, 2.24) is 9.29 Å². The molecule has 25 heavy (non-hydrogen) atoms. The number of hydrogen-bond acceptors (Lipinski definition) is 5. The first-order chi connectivity index (χ1) is 11.9. The first kappa shape index (κ1) is 17.5. The highest BCUT2D eigenvalue weighted by Gasteiger charge is 2.43. The lowest BCUT2D eigenvalue weighted by Gasteiger charge is -2.23. The second kappa shape index (κ2) is 6.87. The number of amides is 1. The number of carbonyl (C=O) groups excluding carboxylic acids is 1. The number of aromatic nitrogens is 1. The summed E-state index contributed by atoms with van der Waals surface area (Å²) in [4.78, 5) is 16.2. The standard InChI is InChI=1S/C16H16FN3O4S/c17-11-3-5-14(6-4-11)25(23,24)20-10-13(21)8-15(20)16(22)19-12-2-1-7-18-9-12/h1-7,9,13,15,21H,8,10H2,(H,19,22)/t13-,15-/m0/s1. The monoisotopic (exact) mass is 365 g/mol. The minimum atomic E-state index is -4.04. The van der Waals surface area contributed by atoms with Crippen LogP contribution in [0.5, 0.6) is 0 Å². The summed E-state index contributed by atoms with van der Waals surface area (Å²) in [7, 11) is -4.04. The maximum absolute atomic E-state index is 13.0. The molecule has 1 aromatic heterocycles. The Balaban J connectivity index is 1.86. The molecule has 1 saturated heterocycles. The highest BCUT2D eigenvalue weighted by molar-refractivity contribution is 7.89. The lowest BCUT2D eigenvalue weighted by Crippen LogP contribution is -2.43. The Morgan fingerprint density at radius 3 is 2.64 bits per heavy atom. The van der Waals surface area contributed by atoms with Crippen LogP contribution in [0.3, 0.4) is 0 Å². The van der Waals surface area contributed by atoms with E-state index in [1.807, 2.05) is 0 Å². The number of rotatable bonds is 4. The SMILES string of the molecule is O=C(Nc1cccnc1)[C@@H]1C[C@H](O)CN1S(=O)(=O)c1ccc(F)cc1. The van der Waals surface area contributed by atoms with Gasteiger partial charge in [-0.25, -0.2) is 12.8 Å². The van der Waals surface area contributed by atoms with Gasteiger partial charge in [0.1, 0.15) is 11.9 Å². The highest BCUT2D eigenvalue weighted by Crippen LogP contribution is 2.27. The summed E-state index contributed by atoms with van der Waals surface area (Å²) in [5, 5.41) is 12.5. The van der Waals surface area contributed by atoms with Gasteiger partial charge in [-0.15, -0.1) is 0 Å². The van der Waals surface area contributed by atoms with Crippen LogP contribution in [-0.4, -0.2) is 47.4 Å². The number of carbonyl (C=O) groups is 1. The number of β-amino-alcohol motifs (C(OH)–C–C–N with tert-alkyl or cyclic N) is 1. The van der Waals surface area contributed by atoms with Gasteiger partial charge < -0.3 is 10.4 Å². The second-order valence-electron chi connectivity index (χ2n) is 5.66. The van der Waals surface area contributed by atoms with Crippen molar-refractivity contribution in [2.45, 2.75) is 23.5 Å². The Morgan fingerprint density at radius 2 is 2.00 bits per heavy atom. The van der Waals surface area contributed by atoms with Crippen molar-refractivity contribution >= 4 is 21.6 Å². The third-order valence-electron chi connectivity index (χ3n) is 3.89. The molecule has 1 aliphatic rings. The zero-order valence-electron chi connectivity index (χ0n) is 13.0.